The third kappa shape index (κ3) is 5.25. The number of rotatable bonds is 7. The second kappa shape index (κ2) is 10.5. The molecule has 9 nitrogen and oxygen atoms in total. The van der Waals surface area contributed by atoms with Crippen molar-refractivity contribution in [2.45, 2.75) is 31.6 Å². The average Bonchev–Trinajstić information content (AvgIpc) is 3.36. The number of fused-ring (bicyclic) bond motifs is 1. The van der Waals surface area contributed by atoms with Crippen LogP contribution in [0.25, 0.3) is 0 Å². The number of benzene rings is 2. The summed E-state index contributed by atoms with van der Waals surface area (Å²) >= 11 is 1.19. The standard InChI is InChI=1S/C25H22F2N4O5S/c1-14-19-5-3-4-6-20(19)29(2)31(36)23(22(14)33)28-24(25(34)35)30(18-7-8-37-13-18)21(32)11-15-9-16(26)12-17(27)10-15/h3-10,12-14,23-24,28H,11H2,1-2H3/p+1. The topological polar surface area (TPSA) is 110 Å². The number of hydrogen-bond donors (Lipinski definition) is 2. The van der Waals surface area contributed by atoms with Crippen LogP contribution < -0.4 is 15.2 Å². The Hall–Kier alpha value is -4.03. The van der Waals surface area contributed by atoms with E-state index in [2.05, 4.69) is 5.32 Å². The fourth-order valence-corrected chi connectivity index (χ4v) is 4.91. The lowest BCUT2D eigenvalue weighted by atomic mass is 9.94. The SMILES string of the molecule is CC1C(=O)C(NC(C(=O)O)N(C(=O)Cc2cc(F)cc(F)c2)c2ccsc2)[N+](=O)N(C)c2ccccc21. The number of nitroso groups, excluding NO2 is 1. The van der Waals surface area contributed by atoms with Crippen molar-refractivity contribution < 1.29 is 33.1 Å². The van der Waals surface area contributed by atoms with Gasteiger partial charge in [0.25, 0.3) is 0 Å². The van der Waals surface area contributed by atoms with Gasteiger partial charge < -0.3 is 5.11 Å². The van der Waals surface area contributed by atoms with Gasteiger partial charge in [-0.05, 0) is 40.8 Å². The molecule has 0 spiro atoms. The van der Waals surface area contributed by atoms with Gasteiger partial charge in [0.2, 0.25) is 11.7 Å². The summed E-state index contributed by atoms with van der Waals surface area (Å²) in [6.07, 6.45) is -4.04. The maximum Gasteiger partial charge on any atom is 0.348 e. The van der Waals surface area contributed by atoms with Crippen LogP contribution in [0.5, 0.6) is 0 Å². The number of anilines is 2. The Morgan fingerprint density at radius 2 is 1.86 bits per heavy atom. The molecule has 12 heteroatoms. The summed E-state index contributed by atoms with van der Waals surface area (Å²) in [5, 5.41) is 17.0. The summed E-state index contributed by atoms with van der Waals surface area (Å²) in [6.45, 7) is 1.61. The van der Waals surface area contributed by atoms with Crippen molar-refractivity contribution in [3.63, 3.8) is 0 Å². The van der Waals surface area contributed by atoms with E-state index in [0.29, 0.717) is 22.2 Å². The molecular formula is C25H23F2N4O5S+. The fraction of sp³-hybridized carbons (Fsp3) is 0.240. The number of ketones is 1. The molecule has 3 unspecified atom stereocenters. The number of para-hydroxylation sites is 1. The van der Waals surface area contributed by atoms with Crippen LogP contribution in [0.3, 0.4) is 0 Å². The smallest absolute Gasteiger partial charge is 0.348 e. The Morgan fingerprint density at radius 1 is 1.19 bits per heavy atom. The molecule has 3 atom stereocenters. The summed E-state index contributed by atoms with van der Waals surface area (Å²) in [5.74, 6) is -5.48. The van der Waals surface area contributed by atoms with E-state index < -0.39 is 54.0 Å². The van der Waals surface area contributed by atoms with E-state index in [0.717, 1.165) is 17.0 Å². The normalized spacial score (nSPS) is 18.2. The van der Waals surface area contributed by atoms with Gasteiger partial charge in [-0.2, -0.15) is 11.3 Å². The van der Waals surface area contributed by atoms with E-state index in [1.54, 1.807) is 36.6 Å². The summed E-state index contributed by atoms with van der Waals surface area (Å²) in [6, 6.07) is 10.9. The molecule has 0 saturated carbocycles. The molecule has 3 aromatic rings. The zero-order valence-corrected chi connectivity index (χ0v) is 20.6. The Morgan fingerprint density at radius 3 is 2.49 bits per heavy atom. The van der Waals surface area contributed by atoms with E-state index in [1.807, 2.05) is 0 Å². The number of hydrogen-bond acceptors (Lipinski definition) is 6. The molecule has 0 saturated heterocycles. The summed E-state index contributed by atoms with van der Waals surface area (Å²) in [5.41, 5.74) is 1.24. The summed E-state index contributed by atoms with van der Waals surface area (Å²) in [4.78, 5) is 53.6. The molecule has 0 radical (unpaired) electrons. The second-order valence-corrected chi connectivity index (χ2v) is 9.30. The first-order valence-corrected chi connectivity index (χ1v) is 12.1. The van der Waals surface area contributed by atoms with E-state index in [9.17, 15) is 33.2 Å². The van der Waals surface area contributed by atoms with Crippen LogP contribution in [0.1, 0.15) is 24.0 Å². The van der Waals surface area contributed by atoms with Crippen LogP contribution in [-0.2, 0) is 20.8 Å². The lowest BCUT2D eigenvalue weighted by Gasteiger charge is -2.29. The molecule has 2 heterocycles. The summed E-state index contributed by atoms with van der Waals surface area (Å²) < 4.78 is 27.4. The third-order valence-electron chi connectivity index (χ3n) is 6.10. The van der Waals surface area contributed by atoms with Gasteiger partial charge in [-0.3, -0.25) is 14.5 Å². The van der Waals surface area contributed by atoms with Gasteiger partial charge in [0.1, 0.15) is 22.2 Å². The first-order valence-electron chi connectivity index (χ1n) is 11.2. The van der Waals surface area contributed by atoms with Gasteiger partial charge in [-0.25, -0.2) is 18.9 Å². The molecule has 1 aromatic heterocycles. The number of carboxylic acid groups (broad SMARTS) is 1. The number of carbonyl (C=O) groups is 3. The molecule has 1 aliphatic heterocycles. The molecule has 2 N–H and O–H groups in total. The molecule has 192 valence electrons. The van der Waals surface area contributed by atoms with Crippen LogP contribution in [0.15, 0.2) is 59.3 Å². The van der Waals surface area contributed by atoms with E-state index in [1.165, 1.54) is 34.8 Å². The Labute approximate surface area is 214 Å². The Bertz CT molecular complexity index is 1310. The number of nitrogens with one attached hydrogen (secondary N) is 1. The van der Waals surface area contributed by atoms with Crippen molar-refractivity contribution in [3.8, 4) is 0 Å². The maximum atomic E-state index is 13.7. The molecule has 2 aromatic carbocycles. The van der Waals surface area contributed by atoms with Crippen molar-refractivity contribution in [1.82, 2.24) is 5.32 Å². The molecule has 1 aliphatic rings. The van der Waals surface area contributed by atoms with Crippen molar-refractivity contribution in [3.05, 3.63) is 87.0 Å². The minimum atomic E-state index is -1.85. The molecule has 4 rings (SSSR count). The van der Waals surface area contributed by atoms with Gasteiger partial charge in [-0.1, -0.05) is 25.1 Å². The second-order valence-electron chi connectivity index (χ2n) is 8.52. The first kappa shape index (κ1) is 26.0. The van der Waals surface area contributed by atoms with Gasteiger partial charge in [0.15, 0.2) is 6.17 Å². The highest BCUT2D eigenvalue weighted by Gasteiger charge is 2.48. The quantitative estimate of drug-likeness (QED) is 0.356. The van der Waals surface area contributed by atoms with Crippen LogP contribution >= 0.6 is 11.3 Å². The molecule has 1 amide bonds. The zero-order chi connectivity index (χ0) is 26.9. The van der Waals surface area contributed by atoms with E-state index in [-0.39, 0.29) is 11.3 Å². The van der Waals surface area contributed by atoms with Crippen LogP contribution in [-0.4, -0.2) is 47.0 Å². The van der Waals surface area contributed by atoms with Crippen molar-refractivity contribution in [1.29, 1.82) is 0 Å². The predicted octanol–water partition coefficient (Wildman–Crippen LogP) is 3.44. The average molecular weight is 530 g/mol. The lowest BCUT2D eigenvalue weighted by molar-refractivity contribution is -0.587. The number of carboxylic acids is 1. The number of thiophene rings is 1. The number of hydrazine groups is 1. The summed E-state index contributed by atoms with van der Waals surface area (Å²) in [7, 11) is 1.45. The molecule has 0 aliphatic carbocycles. The highest BCUT2D eigenvalue weighted by Crippen LogP contribution is 2.32. The number of halogens is 2. The maximum absolute atomic E-state index is 13.7. The predicted molar refractivity (Wildman–Crippen MR) is 132 cm³/mol. The van der Waals surface area contributed by atoms with Crippen LogP contribution in [0.4, 0.5) is 20.2 Å². The number of nitrogens with zero attached hydrogens (tertiary/aromatic N) is 3. The zero-order valence-electron chi connectivity index (χ0n) is 19.8. The Balaban J connectivity index is 1.70. The lowest BCUT2D eigenvalue weighted by Crippen LogP contribution is -2.62. The van der Waals surface area contributed by atoms with E-state index in [4.69, 9.17) is 0 Å². The van der Waals surface area contributed by atoms with Crippen LogP contribution in [0, 0.1) is 16.5 Å². The van der Waals surface area contributed by atoms with Gasteiger partial charge >= 0.3 is 12.1 Å². The number of Topliss-reactive ketones (excluding diaryl/α,β-unsaturated/α-hetero) is 1. The Kier molecular flexibility index (Phi) is 7.41. The highest BCUT2D eigenvalue weighted by molar-refractivity contribution is 7.08. The molecular weight excluding hydrogens is 506 g/mol. The molecule has 0 bridgehead atoms. The highest BCUT2D eigenvalue weighted by atomic mass is 32.1. The van der Waals surface area contributed by atoms with Gasteiger partial charge in [0.05, 0.1) is 30.0 Å². The first-order chi connectivity index (χ1) is 17.6. The van der Waals surface area contributed by atoms with Crippen molar-refractivity contribution in [2.75, 3.05) is 17.0 Å². The minimum Gasteiger partial charge on any atom is -0.479 e. The number of carbonyl (C=O) groups excluding carboxylic acids is 2. The number of aliphatic carboxylic acids is 1. The monoisotopic (exact) mass is 529 g/mol. The number of amides is 1. The van der Waals surface area contributed by atoms with E-state index >= 15 is 0 Å². The van der Waals surface area contributed by atoms with Crippen molar-refractivity contribution in [2.24, 2.45) is 0 Å². The molecule has 0 fully saturated rings. The molecule has 37 heavy (non-hydrogen) atoms. The van der Waals surface area contributed by atoms with Gasteiger partial charge in [0, 0.05) is 11.4 Å². The van der Waals surface area contributed by atoms with Gasteiger partial charge in [-0.15, -0.1) is 5.01 Å². The fourth-order valence-electron chi connectivity index (χ4n) is 4.28. The minimum absolute atomic E-state index is 0.00772. The largest absolute Gasteiger partial charge is 0.479 e. The van der Waals surface area contributed by atoms with Crippen LogP contribution in [0.2, 0.25) is 0 Å². The third-order valence-corrected chi connectivity index (χ3v) is 6.77. The van der Waals surface area contributed by atoms with Crippen molar-refractivity contribution >= 4 is 40.4 Å².